The zero-order chi connectivity index (χ0) is 21.3. The average molecular weight is 392 g/mol. The molecule has 0 aromatic heterocycles. The first-order valence-electron chi connectivity index (χ1n) is 9.64. The Hall–Kier alpha value is -2.41. The zero-order valence-electron chi connectivity index (χ0n) is 17.3. The number of nitrogens with one attached hydrogen (secondary N) is 2. The smallest absolute Gasteiger partial charge is 0.329 e. The number of hydrogen-bond acceptors (Lipinski definition) is 5. The second kappa shape index (κ2) is 11.4. The number of benzene rings is 1. The van der Waals surface area contributed by atoms with E-state index < -0.39 is 35.7 Å². The topological polar surface area (TPSA) is 105 Å². The highest BCUT2D eigenvalue weighted by atomic mass is 16.5. The van der Waals surface area contributed by atoms with Gasteiger partial charge in [-0.15, -0.1) is 0 Å². The summed E-state index contributed by atoms with van der Waals surface area (Å²) in [6.07, 6.45) is 0.415. The van der Waals surface area contributed by atoms with Gasteiger partial charge in [0.05, 0.1) is 6.10 Å². The van der Waals surface area contributed by atoms with Gasteiger partial charge in [0.1, 0.15) is 6.04 Å². The highest BCUT2D eigenvalue weighted by Crippen LogP contribution is 2.22. The quantitative estimate of drug-likeness (QED) is 0.322. The van der Waals surface area contributed by atoms with Crippen LogP contribution < -0.4 is 10.8 Å². The molecule has 0 spiro atoms. The van der Waals surface area contributed by atoms with Gasteiger partial charge >= 0.3 is 5.97 Å². The van der Waals surface area contributed by atoms with Crippen molar-refractivity contribution in [2.24, 2.45) is 17.8 Å². The molecular formula is C21H32N2O5. The molecule has 0 heterocycles. The lowest BCUT2D eigenvalue weighted by atomic mass is 9.85. The Morgan fingerprint density at radius 2 is 1.61 bits per heavy atom. The van der Waals surface area contributed by atoms with Gasteiger partial charge in [-0.3, -0.25) is 14.8 Å². The number of esters is 1. The Labute approximate surface area is 166 Å². The van der Waals surface area contributed by atoms with Crippen LogP contribution in [0.1, 0.15) is 46.6 Å². The molecule has 0 saturated heterocycles. The molecule has 3 atom stereocenters. The van der Waals surface area contributed by atoms with Gasteiger partial charge in [0.25, 0.3) is 0 Å². The first-order valence-corrected chi connectivity index (χ1v) is 9.64. The maximum Gasteiger partial charge on any atom is 0.329 e. The Balaban J connectivity index is 3.02. The second-order valence-corrected chi connectivity index (χ2v) is 7.74. The van der Waals surface area contributed by atoms with Gasteiger partial charge in [0, 0.05) is 18.3 Å². The summed E-state index contributed by atoms with van der Waals surface area (Å²) in [7, 11) is 0. The third kappa shape index (κ3) is 7.68. The molecule has 0 saturated carbocycles. The van der Waals surface area contributed by atoms with Crippen molar-refractivity contribution in [1.29, 1.82) is 0 Å². The van der Waals surface area contributed by atoms with E-state index in [1.807, 2.05) is 44.2 Å². The van der Waals surface area contributed by atoms with Crippen LogP contribution in [0.15, 0.2) is 30.3 Å². The molecule has 1 aromatic rings. The first-order chi connectivity index (χ1) is 13.1. The molecule has 0 aliphatic rings. The number of hydrogen-bond donors (Lipinski definition) is 3. The van der Waals surface area contributed by atoms with Gasteiger partial charge in [-0.2, -0.15) is 0 Å². The van der Waals surface area contributed by atoms with Gasteiger partial charge in [0.2, 0.25) is 11.8 Å². The molecular weight excluding hydrogens is 360 g/mol. The summed E-state index contributed by atoms with van der Waals surface area (Å²) in [5.74, 6) is -2.84. The Morgan fingerprint density at radius 3 is 2.11 bits per heavy atom. The number of rotatable bonds is 10. The predicted octanol–water partition coefficient (Wildman–Crippen LogP) is 2.47. The zero-order valence-corrected chi connectivity index (χ0v) is 17.3. The third-order valence-electron chi connectivity index (χ3n) is 4.42. The van der Waals surface area contributed by atoms with Crippen molar-refractivity contribution in [1.82, 2.24) is 10.8 Å². The molecule has 1 unspecified atom stereocenters. The maximum atomic E-state index is 13.0. The highest BCUT2D eigenvalue weighted by Gasteiger charge is 2.33. The van der Waals surface area contributed by atoms with E-state index in [0.717, 1.165) is 5.56 Å². The van der Waals surface area contributed by atoms with E-state index in [2.05, 4.69) is 5.32 Å². The predicted molar refractivity (Wildman–Crippen MR) is 105 cm³/mol. The summed E-state index contributed by atoms with van der Waals surface area (Å²) in [5, 5.41) is 11.7. The molecule has 0 aliphatic carbocycles. The summed E-state index contributed by atoms with van der Waals surface area (Å²) >= 11 is 0. The van der Waals surface area contributed by atoms with Gasteiger partial charge in [0.15, 0.2) is 0 Å². The van der Waals surface area contributed by atoms with Crippen LogP contribution in [0.3, 0.4) is 0 Å². The van der Waals surface area contributed by atoms with Crippen molar-refractivity contribution in [3.8, 4) is 0 Å². The fraction of sp³-hybridized carbons (Fsp3) is 0.571. The number of carbonyl (C=O) groups excluding carboxylic acids is 3. The average Bonchev–Trinajstić information content (AvgIpc) is 2.64. The molecule has 1 rings (SSSR count). The summed E-state index contributed by atoms with van der Waals surface area (Å²) in [6.45, 7) is 8.95. The summed E-state index contributed by atoms with van der Waals surface area (Å²) < 4.78 is 5.30. The molecule has 7 heteroatoms. The first kappa shape index (κ1) is 23.6. The van der Waals surface area contributed by atoms with Crippen LogP contribution in [-0.2, 0) is 25.5 Å². The van der Waals surface area contributed by atoms with Crippen molar-refractivity contribution in [3.63, 3.8) is 0 Å². The van der Waals surface area contributed by atoms with Crippen LogP contribution in [0.2, 0.25) is 0 Å². The van der Waals surface area contributed by atoms with Crippen LogP contribution in [0.4, 0.5) is 0 Å². The van der Waals surface area contributed by atoms with Gasteiger partial charge in [-0.25, -0.2) is 10.3 Å². The SMILES string of the molecule is CC(C)CC(C(=O)N[C@@H](Cc1ccccc1)C(=O)OC(C)C)[C@H](C)C(=O)NO. The number of hydroxylamine groups is 1. The summed E-state index contributed by atoms with van der Waals surface area (Å²) in [4.78, 5) is 37.4. The molecule has 0 radical (unpaired) electrons. The minimum absolute atomic E-state index is 0.153. The lowest BCUT2D eigenvalue weighted by Crippen LogP contribution is -2.49. The fourth-order valence-electron chi connectivity index (χ4n) is 2.97. The number of carbonyl (C=O) groups is 3. The van der Waals surface area contributed by atoms with Crippen LogP contribution in [-0.4, -0.2) is 35.1 Å². The van der Waals surface area contributed by atoms with Crippen molar-refractivity contribution >= 4 is 17.8 Å². The molecule has 3 N–H and O–H groups in total. The molecule has 0 fully saturated rings. The Morgan fingerprint density at radius 1 is 1.00 bits per heavy atom. The summed E-state index contributed by atoms with van der Waals surface area (Å²) in [6, 6.07) is 8.47. The van der Waals surface area contributed by atoms with Crippen LogP contribution in [0.5, 0.6) is 0 Å². The third-order valence-corrected chi connectivity index (χ3v) is 4.42. The van der Waals surface area contributed by atoms with Crippen molar-refractivity contribution in [2.45, 2.75) is 59.6 Å². The van der Waals surface area contributed by atoms with E-state index in [0.29, 0.717) is 6.42 Å². The lowest BCUT2D eigenvalue weighted by Gasteiger charge is -2.26. The van der Waals surface area contributed by atoms with Gasteiger partial charge < -0.3 is 10.1 Å². The molecule has 2 amide bonds. The van der Waals surface area contributed by atoms with Crippen LogP contribution in [0, 0.1) is 17.8 Å². The molecule has 0 bridgehead atoms. The molecule has 28 heavy (non-hydrogen) atoms. The highest BCUT2D eigenvalue weighted by molar-refractivity contribution is 5.90. The number of ether oxygens (including phenoxy) is 1. The van der Waals surface area contributed by atoms with E-state index in [-0.39, 0.29) is 18.4 Å². The second-order valence-electron chi connectivity index (χ2n) is 7.74. The number of amides is 2. The maximum absolute atomic E-state index is 13.0. The van der Waals surface area contributed by atoms with E-state index in [1.54, 1.807) is 26.3 Å². The van der Waals surface area contributed by atoms with E-state index in [9.17, 15) is 14.4 Å². The largest absolute Gasteiger partial charge is 0.461 e. The summed E-state index contributed by atoms with van der Waals surface area (Å²) in [5.41, 5.74) is 2.49. The van der Waals surface area contributed by atoms with Crippen molar-refractivity contribution in [3.05, 3.63) is 35.9 Å². The fourth-order valence-corrected chi connectivity index (χ4v) is 2.97. The van der Waals surface area contributed by atoms with Crippen molar-refractivity contribution in [2.75, 3.05) is 0 Å². The minimum atomic E-state index is -0.864. The minimum Gasteiger partial charge on any atom is -0.461 e. The van der Waals surface area contributed by atoms with Crippen LogP contribution in [0.25, 0.3) is 0 Å². The van der Waals surface area contributed by atoms with E-state index in [4.69, 9.17) is 9.94 Å². The Bertz CT molecular complexity index is 645. The molecule has 7 nitrogen and oxygen atoms in total. The van der Waals surface area contributed by atoms with Crippen LogP contribution >= 0.6 is 0 Å². The molecule has 0 aliphatic heterocycles. The standard InChI is InChI=1S/C21H32N2O5/c1-13(2)11-17(15(5)19(24)23-27)20(25)22-18(21(26)28-14(3)4)12-16-9-7-6-8-10-16/h6-10,13-15,17-18,27H,11-12H2,1-5H3,(H,22,25)(H,23,24)/t15-,17?,18-/m0/s1. The Kier molecular flexibility index (Phi) is 9.65. The monoisotopic (exact) mass is 392 g/mol. The van der Waals surface area contributed by atoms with E-state index >= 15 is 0 Å². The molecule has 156 valence electrons. The normalized spacial score (nSPS) is 14.3. The van der Waals surface area contributed by atoms with Gasteiger partial charge in [-0.1, -0.05) is 51.1 Å². The lowest BCUT2D eigenvalue weighted by molar-refractivity contribution is -0.152. The van der Waals surface area contributed by atoms with Gasteiger partial charge in [-0.05, 0) is 31.7 Å². The molecule has 1 aromatic carbocycles. The van der Waals surface area contributed by atoms with Crippen molar-refractivity contribution < 1.29 is 24.3 Å². The van der Waals surface area contributed by atoms with E-state index in [1.165, 1.54) is 0 Å².